The van der Waals surface area contributed by atoms with E-state index in [4.69, 9.17) is 0 Å². The lowest BCUT2D eigenvalue weighted by atomic mass is 10.9. The molecule has 0 atom stereocenters. The van der Waals surface area contributed by atoms with Crippen LogP contribution >= 0.6 is 0 Å². The van der Waals surface area contributed by atoms with E-state index in [2.05, 4.69) is 10.2 Å². The van der Waals surface area contributed by atoms with Gasteiger partial charge in [0.25, 0.3) is 0 Å². The average Bonchev–Trinajstić information content (AvgIpc) is 1.72. The van der Waals surface area contributed by atoms with Gasteiger partial charge in [-0.25, -0.2) is 0 Å². The SMILES string of the molecule is CCO[SiH3].CN.N. The number of rotatable bonds is 1. The van der Waals surface area contributed by atoms with Gasteiger partial charge in [0.05, 0.1) is 0 Å². The van der Waals surface area contributed by atoms with E-state index in [1.165, 1.54) is 7.05 Å². The molecular formula is C3H16N2OSi. The van der Waals surface area contributed by atoms with E-state index in [0.717, 1.165) is 17.1 Å². The first-order valence-electron chi connectivity index (χ1n) is 1.98. The molecule has 0 aromatic carbocycles. The smallest absolute Gasteiger partial charge is 0.145 e. The number of hydrogen-bond donors (Lipinski definition) is 2. The molecule has 3 nitrogen and oxygen atoms in total. The summed E-state index contributed by atoms with van der Waals surface area (Å²) < 4.78 is 4.68. The van der Waals surface area contributed by atoms with Gasteiger partial charge in [0.15, 0.2) is 0 Å². The highest BCUT2D eigenvalue weighted by Gasteiger charge is 1.51. The first-order valence-corrected chi connectivity index (χ1v) is 2.80. The van der Waals surface area contributed by atoms with Gasteiger partial charge in [0.1, 0.15) is 10.5 Å². The summed E-state index contributed by atoms with van der Waals surface area (Å²) in [6.07, 6.45) is 0. The van der Waals surface area contributed by atoms with E-state index in [9.17, 15) is 0 Å². The summed E-state index contributed by atoms with van der Waals surface area (Å²) >= 11 is 0. The minimum absolute atomic E-state index is 0. The van der Waals surface area contributed by atoms with Crippen molar-refractivity contribution in [1.82, 2.24) is 6.15 Å². The maximum Gasteiger partial charge on any atom is 0.145 e. The highest BCUT2D eigenvalue weighted by atomic mass is 28.2. The van der Waals surface area contributed by atoms with Gasteiger partial charge in [-0.2, -0.15) is 0 Å². The van der Waals surface area contributed by atoms with Gasteiger partial charge in [-0.3, -0.25) is 0 Å². The first kappa shape index (κ1) is 15.7. The molecule has 5 N–H and O–H groups in total. The van der Waals surface area contributed by atoms with Crippen LogP contribution in [0.4, 0.5) is 0 Å². The van der Waals surface area contributed by atoms with Crippen molar-refractivity contribution in [3.05, 3.63) is 0 Å². The third-order valence-corrected chi connectivity index (χ3v) is 0.866. The van der Waals surface area contributed by atoms with Crippen LogP contribution in [0.3, 0.4) is 0 Å². The predicted molar refractivity (Wildman–Crippen MR) is 36.7 cm³/mol. The third-order valence-electron chi connectivity index (χ3n) is 0.289. The molecule has 0 aliphatic rings. The fourth-order valence-corrected chi connectivity index (χ4v) is 0. The fraction of sp³-hybridized carbons (Fsp3) is 1.00. The van der Waals surface area contributed by atoms with E-state index in [0.29, 0.717) is 0 Å². The van der Waals surface area contributed by atoms with Gasteiger partial charge in [0.2, 0.25) is 0 Å². The first-order chi connectivity index (χ1) is 2.91. The van der Waals surface area contributed by atoms with Crippen LogP contribution in [0, 0.1) is 0 Å². The molecule has 0 aliphatic heterocycles. The maximum atomic E-state index is 4.68. The Kier molecular flexibility index (Phi) is 80.9. The van der Waals surface area contributed by atoms with Gasteiger partial charge in [0, 0.05) is 6.61 Å². The summed E-state index contributed by atoms with van der Waals surface area (Å²) in [4.78, 5) is 0. The Labute approximate surface area is 48.4 Å². The van der Waals surface area contributed by atoms with Crippen molar-refractivity contribution in [2.45, 2.75) is 6.92 Å². The van der Waals surface area contributed by atoms with Crippen LogP contribution in [-0.4, -0.2) is 24.1 Å². The molecule has 0 aliphatic carbocycles. The molecule has 0 heterocycles. The molecule has 0 aromatic heterocycles. The summed E-state index contributed by atoms with van der Waals surface area (Å²) in [7, 11) is 2.39. The van der Waals surface area contributed by atoms with Gasteiger partial charge < -0.3 is 16.3 Å². The molecule has 0 amide bonds. The number of nitrogens with two attached hydrogens (primary N) is 1. The van der Waals surface area contributed by atoms with Crippen LogP contribution in [0.5, 0.6) is 0 Å². The second-order valence-electron chi connectivity index (χ2n) is 0.577. The molecule has 7 heavy (non-hydrogen) atoms. The largest absolute Gasteiger partial charge is 0.428 e. The maximum absolute atomic E-state index is 4.68. The van der Waals surface area contributed by atoms with Crippen molar-refractivity contribution in [3.63, 3.8) is 0 Å². The summed E-state index contributed by atoms with van der Waals surface area (Å²) in [6.45, 7) is 2.87. The lowest BCUT2D eigenvalue weighted by molar-refractivity contribution is 0.375. The second kappa shape index (κ2) is 36.0. The molecule has 0 fully saturated rings. The monoisotopic (exact) mass is 124 g/mol. The zero-order chi connectivity index (χ0) is 5.41. The van der Waals surface area contributed by atoms with Crippen molar-refractivity contribution in [3.8, 4) is 0 Å². The van der Waals surface area contributed by atoms with E-state index in [-0.39, 0.29) is 6.15 Å². The molecule has 48 valence electrons. The van der Waals surface area contributed by atoms with Crippen LogP contribution in [0.15, 0.2) is 0 Å². The Balaban J connectivity index is -0.0000000480. The molecule has 0 bridgehead atoms. The Morgan fingerprint density at radius 2 is 1.71 bits per heavy atom. The molecule has 0 aromatic rings. The molecule has 0 spiro atoms. The van der Waals surface area contributed by atoms with Crippen LogP contribution in [0.2, 0.25) is 0 Å². The zero-order valence-corrected chi connectivity index (χ0v) is 7.40. The Hall–Kier alpha value is 0.0969. The molecule has 0 rings (SSSR count). The van der Waals surface area contributed by atoms with Crippen LogP contribution in [0.25, 0.3) is 0 Å². The van der Waals surface area contributed by atoms with Crippen molar-refractivity contribution in [1.29, 1.82) is 0 Å². The summed E-state index contributed by atoms with van der Waals surface area (Å²) in [5.41, 5.74) is 4.50. The minimum atomic E-state index is 0. The molecular weight excluding hydrogens is 108 g/mol. The number of hydrogen-bond acceptors (Lipinski definition) is 3. The second-order valence-corrected chi connectivity index (χ2v) is 1.15. The van der Waals surface area contributed by atoms with Crippen molar-refractivity contribution in [2.24, 2.45) is 5.73 Å². The fourth-order valence-electron chi connectivity index (χ4n) is 0. The highest BCUT2D eigenvalue weighted by molar-refractivity contribution is 5.97. The standard InChI is InChI=1S/C2H8OSi.CH5N.H3N/c1-2-3-4;1-2;/h2H2,1,4H3;2H2,1H3;1H3. The molecule has 0 saturated carbocycles. The Morgan fingerprint density at radius 1 is 1.57 bits per heavy atom. The van der Waals surface area contributed by atoms with E-state index >= 15 is 0 Å². The van der Waals surface area contributed by atoms with Gasteiger partial charge in [-0.05, 0) is 14.0 Å². The molecule has 0 unspecified atom stereocenters. The lowest BCUT2D eigenvalue weighted by Crippen LogP contribution is -1.76. The van der Waals surface area contributed by atoms with Gasteiger partial charge in [-0.1, -0.05) is 0 Å². The molecule has 0 saturated heterocycles. The highest BCUT2D eigenvalue weighted by Crippen LogP contribution is 1.50. The molecule has 0 radical (unpaired) electrons. The predicted octanol–water partition coefficient (Wildman–Crippen LogP) is -0.960. The molecule has 4 heteroatoms. The van der Waals surface area contributed by atoms with E-state index < -0.39 is 0 Å². The third kappa shape index (κ3) is 85.1. The van der Waals surface area contributed by atoms with Crippen LogP contribution in [-0.2, 0) is 4.43 Å². The van der Waals surface area contributed by atoms with Gasteiger partial charge in [-0.15, -0.1) is 0 Å². The summed E-state index contributed by atoms with van der Waals surface area (Å²) in [5, 5.41) is 0. The quantitative estimate of drug-likeness (QED) is 0.442. The summed E-state index contributed by atoms with van der Waals surface area (Å²) in [6, 6.07) is 0. The normalized spacial score (nSPS) is 5.57. The van der Waals surface area contributed by atoms with Gasteiger partial charge >= 0.3 is 0 Å². The average molecular weight is 124 g/mol. The zero-order valence-electron chi connectivity index (χ0n) is 5.40. The lowest BCUT2D eigenvalue weighted by Gasteiger charge is -1.77. The minimum Gasteiger partial charge on any atom is -0.428 e. The Bertz CT molecular complexity index is 14.9. The van der Waals surface area contributed by atoms with E-state index in [1.807, 2.05) is 6.92 Å². The van der Waals surface area contributed by atoms with Crippen molar-refractivity contribution >= 4 is 10.5 Å². The van der Waals surface area contributed by atoms with Crippen LogP contribution in [0.1, 0.15) is 6.92 Å². The van der Waals surface area contributed by atoms with Crippen molar-refractivity contribution in [2.75, 3.05) is 13.7 Å². The van der Waals surface area contributed by atoms with E-state index in [1.54, 1.807) is 0 Å². The van der Waals surface area contributed by atoms with Crippen molar-refractivity contribution < 1.29 is 4.43 Å². The topological polar surface area (TPSA) is 70.2 Å². The summed E-state index contributed by atoms with van der Waals surface area (Å²) in [5.74, 6) is 0. The van der Waals surface area contributed by atoms with Crippen LogP contribution < -0.4 is 11.9 Å². The Morgan fingerprint density at radius 3 is 1.71 bits per heavy atom.